The number of fused-ring (bicyclic) bond motifs is 1. The van der Waals surface area contributed by atoms with E-state index in [0.29, 0.717) is 26.2 Å². The minimum Gasteiger partial charge on any atom is -0.481 e. The van der Waals surface area contributed by atoms with Gasteiger partial charge in [0, 0.05) is 45.2 Å². The molecular weight excluding hydrogens is 420 g/mol. The smallest absolute Gasteiger partial charge is 0.303 e. The largest absolute Gasteiger partial charge is 0.481 e. The summed E-state index contributed by atoms with van der Waals surface area (Å²) in [5.74, 6) is 0.220. The van der Waals surface area contributed by atoms with E-state index >= 15 is 0 Å². The van der Waals surface area contributed by atoms with Crippen molar-refractivity contribution in [1.29, 1.82) is 5.26 Å². The van der Waals surface area contributed by atoms with E-state index in [2.05, 4.69) is 50.2 Å². The molecule has 0 bridgehead atoms. The quantitative estimate of drug-likeness (QED) is 0.715. The third-order valence-corrected chi connectivity index (χ3v) is 6.04. The third kappa shape index (κ3) is 8.01. The zero-order valence-electron chi connectivity index (χ0n) is 20.4. The maximum absolute atomic E-state index is 12.5. The zero-order chi connectivity index (χ0) is 24.6. The molecule has 0 unspecified atom stereocenters. The molecule has 0 aromatic carbocycles. The van der Waals surface area contributed by atoms with E-state index in [1.165, 1.54) is 24.8 Å². The summed E-state index contributed by atoms with van der Waals surface area (Å²) in [6.07, 6.45) is 7.21. The van der Waals surface area contributed by atoms with Crippen LogP contribution >= 0.6 is 0 Å². The lowest BCUT2D eigenvalue weighted by Gasteiger charge is -2.44. The van der Waals surface area contributed by atoms with Crippen molar-refractivity contribution in [3.05, 3.63) is 23.4 Å². The maximum Gasteiger partial charge on any atom is 0.303 e. The SMILES string of the molecule is C#N.C1CC1.CC(C)[C@@H]1CN(c2cc3c(cn2)COC(C)(C)C3)CCN1C(=O)CCC(=O)O. The lowest BCUT2D eigenvalue weighted by atomic mass is 9.92. The van der Waals surface area contributed by atoms with E-state index in [9.17, 15) is 9.59 Å². The number of aliphatic carboxylic acids is 1. The highest BCUT2D eigenvalue weighted by Gasteiger charge is 2.33. The molecule has 2 fully saturated rings. The van der Waals surface area contributed by atoms with Crippen molar-refractivity contribution in [2.24, 2.45) is 5.92 Å². The number of aromatic nitrogens is 1. The molecule has 182 valence electrons. The number of carboxylic acids is 1. The van der Waals surface area contributed by atoms with Crippen LogP contribution in [0.5, 0.6) is 0 Å². The number of carbonyl (C=O) groups excluding carboxylic acids is 1. The topological polar surface area (TPSA) is 107 Å². The molecule has 1 aromatic heterocycles. The minimum atomic E-state index is -0.932. The van der Waals surface area contributed by atoms with Gasteiger partial charge < -0.3 is 19.6 Å². The fourth-order valence-corrected chi connectivity index (χ4v) is 4.02. The number of hydrogen-bond donors (Lipinski definition) is 1. The second-order valence-corrected chi connectivity index (χ2v) is 9.84. The summed E-state index contributed by atoms with van der Waals surface area (Å²) in [5.41, 5.74) is 2.26. The number of rotatable bonds is 5. The minimum absolute atomic E-state index is 0.0488. The standard InChI is InChI=1S/C21H31N3O4.C3H6.CHN/c1-14(2)17-12-23(7-8-24(17)19(25)5-6-20(26)27)18-9-15-10-21(3,4)28-13-16(15)11-22-18;1-2-3-1;1-2/h9,11,14,17H,5-8,10,12-13H2,1-4H3,(H,26,27);1-3H2;1H/t17-;;/m0../s1. The summed E-state index contributed by atoms with van der Waals surface area (Å²) in [6.45, 7) is 14.5. The van der Waals surface area contributed by atoms with Crippen LogP contribution in [0.25, 0.3) is 0 Å². The van der Waals surface area contributed by atoms with E-state index in [1.807, 2.05) is 11.1 Å². The van der Waals surface area contributed by atoms with Gasteiger partial charge in [-0.1, -0.05) is 33.1 Å². The van der Waals surface area contributed by atoms with Crippen molar-refractivity contribution >= 4 is 17.7 Å². The highest BCUT2D eigenvalue weighted by molar-refractivity contribution is 5.81. The summed E-state index contributed by atoms with van der Waals surface area (Å²) in [6, 6.07) is 2.21. The monoisotopic (exact) mass is 458 g/mol. The van der Waals surface area contributed by atoms with Crippen molar-refractivity contribution in [2.75, 3.05) is 24.5 Å². The van der Waals surface area contributed by atoms with Crippen molar-refractivity contribution in [2.45, 2.75) is 84.5 Å². The molecule has 1 aromatic rings. The molecule has 3 heterocycles. The molecule has 2 aliphatic heterocycles. The maximum atomic E-state index is 12.5. The Labute approximate surface area is 197 Å². The molecule has 1 atom stereocenters. The lowest BCUT2D eigenvalue weighted by molar-refractivity contribution is -0.142. The number of nitrogens with zero attached hydrogens (tertiary/aromatic N) is 4. The Kier molecular flexibility index (Phi) is 9.66. The summed E-state index contributed by atoms with van der Waals surface area (Å²) < 4.78 is 5.87. The van der Waals surface area contributed by atoms with E-state index in [0.717, 1.165) is 17.8 Å². The van der Waals surface area contributed by atoms with E-state index in [-0.39, 0.29) is 36.3 Å². The number of pyridine rings is 1. The third-order valence-electron chi connectivity index (χ3n) is 6.04. The Morgan fingerprint density at radius 1 is 1.21 bits per heavy atom. The van der Waals surface area contributed by atoms with Gasteiger partial charge in [-0.25, -0.2) is 10.2 Å². The lowest BCUT2D eigenvalue weighted by Crippen LogP contribution is -2.57. The summed E-state index contributed by atoms with van der Waals surface area (Å²) >= 11 is 0. The first-order valence-electron chi connectivity index (χ1n) is 11.8. The molecule has 33 heavy (non-hydrogen) atoms. The second kappa shape index (κ2) is 12.0. The predicted octanol–water partition coefficient (Wildman–Crippen LogP) is 3.78. The Balaban J connectivity index is 0.000000695. The highest BCUT2D eigenvalue weighted by Crippen LogP contribution is 2.30. The van der Waals surface area contributed by atoms with Crippen LogP contribution in [0.4, 0.5) is 5.82 Å². The van der Waals surface area contributed by atoms with Crippen LogP contribution in [0.15, 0.2) is 12.3 Å². The zero-order valence-corrected chi connectivity index (χ0v) is 20.4. The molecule has 4 rings (SSSR count). The van der Waals surface area contributed by atoms with Crippen LogP contribution in [-0.4, -0.2) is 58.1 Å². The second-order valence-electron chi connectivity index (χ2n) is 9.84. The van der Waals surface area contributed by atoms with Gasteiger partial charge in [0.2, 0.25) is 5.91 Å². The number of carboxylic acid groups (broad SMARTS) is 1. The first-order chi connectivity index (χ1) is 15.7. The number of ether oxygens (including phenoxy) is 1. The molecule has 8 heteroatoms. The average molecular weight is 459 g/mol. The van der Waals surface area contributed by atoms with Gasteiger partial charge in [-0.05, 0) is 37.0 Å². The van der Waals surface area contributed by atoms with Crippen LogP contribution < -0.4 is 4.90 Å². The fourth-order valence-electron chi connectivity index (χ4n) is 4.02. The van der Waals surface area contributed by atoms with Gasteiger partial charge >= 0.3 is 5.97 Å². The Morgan fingerprint density at radius 3 is 2.45 bits per heavy atom. The van der Waals surface area contributed by atoms with Crippen LogP contribution in [0.2, 0.25) is 0 Å². The molecule has 0 radical (unpaired) electrons. The molecule has 1 aliphatic carbocycles. The molecule has 1 amide bonds. The molecule has 1 N–H and O–H groups in total. The number of nitriles is 1. The van der Waals surface area contributed by atoms with Gasteiger partial charge in [-0.3, -0.25) is 9.59 Å². The highest BCUT2D eigenvalue weighted by atomic mass is 16.5. The Hall–Kier alpha value is -2.66. The summed E-state index contributed by atoms with van der Waals surface area (Å²) in [4.78, 5) is 32.1. The van der Waals surface area contributed by atoms with Gasteiger partial charge in [0.1, 0.15) is 5.82 Å². The molecule has 3 aliphatic rings. The van der Waals surface area contributed by atoms with Crippen molar-refractivity contribution in [3.8, 4) is 6.57 Å². The van der Waals surface area contributed by atoms with Crippen molar-refractivity contribution < 1.29 is 19.4 Å². The number of hydrogen-bond acceptors (Lipinski definition) is 6. The number of amides is 1. The fraction of sp³-hybridized carbons (Fsp3) is 0.680. The van der Waals surface area contributed by atoms with E-state index in [4.69, 9.17) is 15.1 Å². The van der Waals surface area contributed by atoms with E-state index < -0.39 is 5.97 Å². The van der Waals surface area contributed by atoms with Gasteiger partial charge in [0.25, 0.3) is 0 Å². The molecular formula is C25H38N4O4. The number of anilines is 1. The van der Waals surface area contributed by atoms with Gasteiger partial charge in [-0.15, -0.1) is 0 Å². The van der Waals surface area contributed by atoms with Crippen LogP contribution in [0.1, 0.15) is 70.9 Å². The number of piperazine rings is 1. The van der Waals surface area contributed by atoms with Crippen molar-refractivity contribution in [1.82, 2.24) is 9.88 Å². The first-order valence-corrected chi connectivity index (χ1v) is 11.8. The van der Waals surface area contributed by atoms with E-state index in [1.54, 1.807) is 0 Å². The molecule has 1 saturated carbocycles. The summed E-state index contributed by atoms with van der Waals surface area (Å²) in [5, 5.41) is 15.4. The number of carbonyl (C=O) groups is 2. The molecule has 8 nitrogen and oxygen atoms in total. The van der Waals surface area contributed by atoms with Gasteiger partial charge in [0.15, 0.2) is 0 Å². The predicted molar refractivity (Wildman–Crippen MR) is 127 cm³/mol. The van der Waals surface area contributed by atoms with Crippen LogP contribution in [-0.2, 0) is 27.4 Å². The molecule has 0 spiro atoms. The van der Waals surface area contributed by atoms with Gasteiger partial charge in [0.05, 0.1) is 24.7 Å². The summed E-state index contributed by atoms with van der Waals surface area (Å²) in [7, 11) is 0. The van der Waals surface area contributed by atoms with Crippen LogP contribution in [0, 0.1) is 17.8 Å². The van der Waals surface area contributed by atoms with Crippen LogP contribution in [0.3, 0.4) is 0 Å². The Bertz CT molecular complexity index is 832. The first kappa shape index (κ1) is 26.6. The normalized spacial score (nSPS) is 20.5. The average Bonchev–Trinajstić information content (AvgIpc) is 3.67. The molecule has 1 saturated heterocycles. The van der Waals surface area contributed by atoms with Gasteiger partial charge in [-0.2, -0.15) is 0 Å². The van der Waals surface area contributed by atoms with Crippen molar-refractivity contribution in [3.63, 3.8) is 0 Å². The Morgan fingerprint density at radius 2 is 1.88 bits per heavy atom.